The van der Waals surface area contributed by atoms with Gasteiger partial charge < -0.3 is 10.9 Å². The number of hydrogen-bond donors (Lipinski definition) is 1. The molecule has 8 heavy (non-hydrogen) atoms. The molecule has 0 aromatic rings. The van der Waals surface area contributed by atoms with Crippen molar-refractivity contribution in [3.05, 3.63) is 0 Å². The molecule has 0 spiro atoms. The van der Waals surface area contributed by atoms with Gasteiger partial charge in [-0.1, -0.05) is 0 Å². The van der Waals surface area contributed by atoms with E-state index in [0.717, 1.165) is 13.2 Å². The molecule has 0 aliphatic heterocycles. The van der Waals surface area contributed by atoms with Crippen LogP contribution in [0.4, 0.5) is 0 Å². The largest absolute Gasteiger partial charge is 0.382 e. The standard InChI is InChI=1S/C4H10O.CH3Cl.H3N/c1-3-5-4-2;1-2;/h3-4H2,1-2H3;1H3;1H3. The Kier molecular flexibility index (Phi) is 53.0. The number of alkyl halides is 1. The average Bonchev–Trinajstić information content (AvgIpc) is 1.75. The first-order valence-corrected chi connectivity index (χ1v) is 3.13. The number of ether oxygens (including phenoxy) is 1. The molecule has 0 saturated heterocycles. The van der Waals surface area contributed by atoms with Crippen LogP contribution in [0.5, 0.6) is 0 Å². The molecule has 0 aliphatic carbocycles. The molecule has 0 radical (unpaired) electrons. The van der Waals surface area contributed by atoms with E-state index in [-0.39, 0.29) is 6.15 Å². The third kappa shape index (κ3) is 34.5. The van der Waals surface area contributed by atoms with Gasteiger partial charge in [-0.05, 0) is 13.8 Å². The van der Waals surface area contributed by atoms with Gasteiger partial charge in [0.05, 0.1) is 0 Å². The van der Waals surface area contributed by atoms with Gasteiger partial charge in [0, 0.05) is 19.6 Å². The van der Waals surface area contributed by atoms with Crippen molar-refractivity contribution in [2.45, 2.75) is 13.8 Å². The maximum atomic E-state index is 4.83. The summed E-state index contributed by atoms with van der Waals surface area (Å²) < 4.78 is 4.83. The summed E-state index contributed by atoms with van der Waals surface area (Å²) in [6, 6.07) is 0. The molecule has 54 valence electrons. The summed E-state index contributed by atoms with van der Waals surface area (Å²) in [4.78, 5) is 0. The van der Waals surface area contributed by atoms with E-state index in [9.17, 15) is 0 Å². The van der Waals surface area contributed by atoms with E-state index in [2.05, 4.69) is 11.6 Å². The molecular formula is C5H16ClNO. The van der Waals surface area contributed by atoms with Crippen LogP contribution in [0.1, 0.15) is 13.8 Å². The highest BCUT2D eigenvalue weighted by Crippen LogP contribution is 1.64. The highest BCUT2D eigenvalue weighted by Gasteiger charge is 1.64. The van der Waals surface area contributed by atoms with Gasteiger partial charge in [0.25, 0.3) is 0 Å². The second-order valence-corrected chi connectivity index (χ2v) is 0.781. The van der Waals surface area contributed by atoms with Crippen molar-refractivity contribution >= 4 is 11.6 Å². The molecule has 0 unspecified atom stereocenters. The van der Waals surface area contributed by atoms with Gasteiger partial charge in [-0.3, -0.25) is 0 Å². The quantitative estimate of drug-likeness (QED) is 0.599. The van der Waals surface area contributed by atoms with Crippen molar-refractivity contribution in [1.29, 1.82) is 0 Å². The Bertz CT molecular complexity index is 19.9. The molecule has 0 aromatic heterocycles. The average molecular weight is 142 g/mol. The molecule has 2 nitrogen and oxygen atoms in total. The molecule has 0 amide bonds. The lowest BCUT2D eigenvalue weighted by Crippen LogP contribution is -1.84. The summed E-state index contributed by atoms with van der Waals surface area (Å²) >= 11 is 4.64. The SMILES string of the molecule is CCOCC.CCl.N. The zero-order valence-corrected chi connectivity index (χ0v) is 6.66. The fourth-order valence-electron chi connectivity index (χ4n) is 0.204. The van der Waals surface area contributed by atoms with Gasteiger partial charge in [0.2, 0.25) is 0 Å². The van der Waals surface area contributed by atoms with Crippen LogP contribution < -0.4 is 6.15 Å². The van der Waals surface area contributed by atoms with Crippen molar-refractivity contribution < 1.29 is 4.74 Å². The van der Waals surface area contributed by atoms with Crippen molar-refractivity contribution in [2.75, 3.05) is 19.6 Å². The lowest BCUT2D eigenvalue weighted by Gasteiger charge is -1.86. The smallest absolute Gasteiger partial charge is 0.0437 e. The van der Waals surface area contributed by atoms with Gasteiger partial charge in [-0.15, -0.1) is 11.6 Å². The number of hydrogen-bond acceptors (Lipinski definition) is 2. The molecule has 0 saturated carbocycles. The summed E-state index contributed by atoms with van der Waals surface area (Å²) in [6.45, 7) is 5.67. The predicted octanol–water partition coefficient (Wildman–Crippen LogP) is 2.06. The lowest BCUT2D eigenvalue weighted by molar-refractivity contribution is 0.162. The molecule has 0 atom stereocenters. The Morgan fingerprint density at radius 2 is 1.38 bits per heavy atom. The molecule has 0 bridgehead atoms. The van der Waals surface area contributed by atoms with Gasteiger partial charge in [-0.25, -0.2) is 0 Å². The number of rotatable bonds is 2. The summed E-state index contributed by atoms with van der Waals surface area (Å²) in [5.74, 6) is 0. The highest BCUT2D eigenvalue weighted by molar-refractivity contribution is 6.15. The Morgan fingerprint density at radius 1 is 1.12 bits per heavy atom. The minimum Gasteiger partial charge on any atom is -0.382 e. The van der Waals surface area contributed by atoms with Crippen LogP contribution in [-0.4, -0.2) is 19.6 Å². The molecule has 0 heterocycles. The molecule has 0 rings (SSSR count). The van der Waals surface area contributed by atoms with Crippen LogP contribution in [0.15, 0.2) is 0 Å². The minimum atomic E-state index is 0. The zero-order valence-electron chi connectivity index (χ0n) is 5.91. The Hall–Kier alpha value is 0.210. The topological polar surface area (TPSA) is 44.2 Å². The summed E-state index contributed by atoms with van der Waals surface area (Å²) in [5.41, 5.74) is 0. The molecular weight excluding hydrogens is 126 g/mol. The Labute approximate surface area is 56.8 Å². The van der Waals surface area contributed by atoms with Crippen LogP contribution in [0, 0.1) is 0 Å². The monoisotopic (exact) mass is 141 g/mol. The highest BCUT2D eigenvalue weighted by atomic mass is 35.5. The van der Waals surface area contributed by atoms with Crippen molar-refractivity contribution in [2.24, 2.45) is 0 Å². The molecule has 0 aromatic carbocycles. The lowest BCUT2D eigenvalue weighted by atomic mass is 10.8. The second kappa shape index (κ2) is 27.0. The molecule has 0 aliphatic rings. The van der Waals surface area contributed by atoms with E-state index >= 15 is 0 Å². The van der Waals surface area contributed by atoms with Crippen LogP contribution in [0.2, 0.25) is 0 Å². The van der Waals surface area contributed by atoms with Crippen molar-refractivity contribution in [3.63, 3.8) is 0 Å². The van der Waals surface area contributed by atoms with Crippen LogP contribution in [0.3, 0.4) is 0 Å². The third-order valence-corrected chi connectivity index (χ3v) is 0.408. The summed E-state index contributed by atoms with van der Waals surface area (Å²) in [5, 5.41) is 0. The molecule has 3 N–H and O–H groups in total. The normalized spacial score (nSPS) is 6.00. The second-order valence-electron chi connectivity index (χ2n) is 0.781. The molecule has 3 heteroatoms. The predicted molar refractivity (Wildman–Crippen MR) is 39.0 cm³/mol. The van der Waals surface area contributed by atoms with E-state index in [1.165, 1.54) is 6.38 Å². The first-order valence-electron chi connectivity index (χ1n) is 2.37. The Morgan fingerprint density at radius 3 is 1.38 bits per heavy atom. The van der Waals surface area contributed by atoms with Gasteiger partial charge in [0.1, 0.15) is 0 Å². The van der Waals surface area contributed by atoms with E-state index < -0.39 is 0 Å². The fourth-order valence-corrected chi connectivity index (χ4v) is 0.204. The minimum absolute atomic E-state index is 0. The zero-order chi connectivity index (χ0) is 6.12. The maximum absolute atomic E-state index is 4.83. The first-order chi connectivity index (χ1) is 3.41. The van der Waals surface area contributed by atoms with Crippen LogP contribution >= 0.6 is 11.6 Å². The maximum Gasteiger partial charge on any atom is 0.0437 e. The summed E-state index contributed by atoms with van der Waals surface area (Å²) in [6.07, 6.45) is 1.47. The van der Waals surface area contributed by atoms with Gasteiger partial charge in [-0.2, -0.15) is 0 Å². The van der Waals surface area contributed by atoms with Crippen molar-refractivity contribution in [1.82, 2.24) is 6.15 Å². The number of halogens is 1. The first kappa shape index (κ1) is 15.7. The Balaban J connectivity index is -0.0000000750. The van der Waals surface area contributed by atoms with Gasteiger partial charge in [0.15, 0.2) is 0 Å². The van der Waals surface area contributed by atoms with E-state index in [1.807, 2.05) is 13.8 Å². The van der Waals surface area contributed by atoms with E-state index in [0.29, 0.717) is 0 Å². The fraction of sp³-hybridized carbons (Fsp3) is 1.00. The summed E-state index contributed by atoms with van der Waals surface area (Å²) in [7, 11) is 0. The third-order valence-electron chi connectivity index (χ3n) is 0.408. The molecule has 0 fully saturated rings. The van der Waals surface area contributed by atoms with E-state index in [4.69, 9.17) is 4.74 Å². The van der Waals surface area contributed by atoms with Crippen LogP contribution in [-0.2, 0) is 4.74 Å². The van der Waals surface area contributed by atoms with Crippen molar-refractivity contribution in [3.8, 4) is 0 Å². The van der Waals surface area contributed by atoms with E-state index in [1.54, 1.807) is 0 Å². The van der Waals surface area contributed by atoms with Gasteiger partial charge >= 0.3 is 0 Å². The van der Waals surface area contributed by atoms with Crippen LogP contribution in [0.25, 0.3) is 0 Å².